The average Bonchev–Trinajstić information content (AvgIpc) is 2.60. The van der Waals surface area contributed by atoms with Crippen LogP contribution in [0, 0.1) is 10.1 Å². The smallest absolute Gasteiger partial charge is 0.269 e. The van der Waals surface area contributed by atoms with Crippen molar-refractivity contribution in [1.82, 2.24) is 5.32 Å². The third-order valence-corrected chi connectivity index (χ3v) is 3.81. The van der Waals surface area contributed by atoms with E-state index in [0.717, 1.165) is 12.1 Å². The average molecular weight is 345 g/mol. The third kappa shape index (κ3) is 5.00. The quantitative estimate of drug-likeness (QED) is 0.423. The molecule has 6 nitrogen and oxygen atoms in total. The van der Waals surface area contributed by atoms with Crippen LogP contribution in [-0.2, 0) is 6.42 Å². The molecule has 0 fully saturated rings. The summed E-state index contributed by atoms with van der Waals surface area (Å²) in [5, 5.41) is 27.1. The Balaban J connectivity index is 1.84. The van der Waals surface area contributed by atoms with Gasteiger partial charge in [0.2, 0.25) is 0 Å². The molecule has 0 aliphatic rings. The Morgan fingerprint density at radius 1 is 1.21 bits per heavy atom. The number of nitrogens with zero attached hydrogens (tertiary/aromatic N) is 1. The van der Waals surface area contributed by atoms with Crippen LogP contribution in [0.5, 0.6) is 0 Å². The number of non-ortho nitro benzene ring substituents is 1. The van der Waals surface area contributed by atoms with Crippen LogP contribution in [0.25, 0.3) is 0 Å². The van der Waals surface area contributed by atoms with Crippen LogP contribution in [0.1, 0.15) is 24.2 Å². The molecule has 0 saturated heterocycles. The van der Waals surface area contributed by atoms with Gasteiger partial charge in [-0.05, 0) is 54.0 Å². The normalized spacial score (nSPS) is 11.6. The molecule has 0 unspecified atom stereocenters. The second-order valence-corrected chi connectivity index (χ2v) is 5.66. The SMILES string of the molecule is CCc1ccc(NC(=S)NC[C@H](O)c2ccc([N+](=O)[O-])cc2)cc1. The molecule has 1 atom stereocenters. The van der Waals surface area contributed by atoms with Crippen molar-refractivity contribution in [2.24, 2.45) is 0 Å². The van der Waals surface area contributed by atoms with Gasteiger partial charge in [-0.3, -0.25) is 10.1 Å². The van der Waals surface area contributed by atoms with Crippen molar-refractivity contribution in [3.05, 3.63) is 69.8 Å². The number of rotatable bonds is 6. The number of nitro benzene ring substituents is 1. The topological polar surface area (TPSA) is 87.4 Å². The van der Waals surface area contributed by atoms with Gasteiger partial charge in [0.15, 0.2) is 5.11 Å². The molecule has 0 amide bonds. The van der Waals surface area contributed by atoms with Gasteiger partial charge < -0.3 is 15.7 Å². The molecule has 0 aromatic heterocycles. The van der Waals surface area contributed by atoms with E-state index in [-0.39, 0.29) is 12.2 Å². The van der Waals surface area contributed by atoms with Gasteiger partial charge in [-0.15, -0.1) is 0 Å². The molecule has 3 N–H and O–H groups in total. The maximum Gasteiger partial charge on any atom is 0.269 e. The number of aliphatic hydroxyl groups is 1. The Hall–Kier alpha value is -2.51. The van der Waals surface area contributed by atoms with Crippen molar-refractivity contribution in [2.75, 3.05) is 11.9 Å². The minimum atomic E-state index is -0.812. The predicted octanol–water partition coefficient (Wildman–Crippen LogP) is 3.18. The number of anilines is 1. The number of aryl methyl sites for hydroxylation is 1. The van der Waals surface area contributed by atoms with E-state index < -0.39 is 11.0 Å². The molecule has 2 aromatic rings. The van der Waals surface area contributed by atoms with Gasteiger partial charge >= 0.3 is 0 Å². The zero-order valence-corrected chi connectivity index (χ0v) is 14.0. The van der Waals surface area contributed by atoms with E-state index in [1.807, 2.05) is 24.3 Å². The molecule has 0 heterocycles. The number of benzene rings is 2. The predicted molar refractivity (Wildman–Crippen MR) is 98.1 cm³/mol. The monoisotopic (exact) mass is 345 g/mol. The van der Waals surface area contributed by atoms with Crippen LogP contribution >= 0.6 is 12.2 Å². The molecule has 24 heavy (non-hydrogen) atoms. The van der Waals surface area contributed by atoms with E-state index in [4.69, 9.17) is 12.2 Å². The van der Waals surface area contributed by atoms with Crippen molar-refractivity contribution in [2.45, 2.75) is 19.4 Å². The summed E-state index contributed by atoms with van der Waals surface area (Å²) in [6, 6.07) is 13.7. The Labute approximate surface area is 145 Å². The molecule has 0 radical (unpaired) electrons. The number of hydrogen-bond acceptors (Lipinski definition) is 4. The highest BCUT2D eigenvalue weighted by Gasteiger charge is 2.11. The summed E-state index contributed by atoms with van der Waals surface area (Å²) in [5.74, 6) is 0. The van der Waals surface area contributed by atoms with Gasteiger partial charge in [-0.25, -0.2) is 0 Å². The van der Waals surface area contributed by atoms with Gasteiger partial charge in [0, 0.05) is 24.4 Å². The second-order valence-electron chi connectivity index (χ2n) is 5.25. The fraction of sp³-hybridized carbons (Fsp3) is 0.235. The highest BCUT2D eigenvalue weighted by Crippen LogP contribution is 2.17. The molecule has 0 spiro atoms. The lowest BCUT2D eigenvalue weighted by atomic mass is 10.1. The Morgan fingerprint density at radius 3 is 2.38 bits per heavy atom. The van der Waals surface area contributed by atoms with E-state index in [1.165, 1.54) is 29.8 Å². The van der Waals surface area contributed by atoms with Crippen LogP contribution < -0.4 is 10.6 Å². The highest BCUT2D eigenvalue weighted by atomic mass is 32.1. The van der Waals surface area contributed by atoms with Gasteiger partial charge in [-0.1, -0.05) is 19.1 Å². The minimum Gasteiger partial charge on any atom is -0.387 e. The molecular weight excluding hydrogens is 326 g/mol. The number of aliphatic hydroxyl groups excluding tert-OH is 1. The standard InChI is InChI=1S/C17H19N3O3S/c1-2-12-3-7-14(8-4-12)19-17(24)18-11-16(21)13-5-9-15(10-6-13)20(22)23/h3-10,16,21H,2,11H2,1H3,(H2,18,19,24)/t16-/m0/s1. The first-order chi connectivity index (χ1) is 11.5. The zero-order valence-electron chi connectivity index (χ0n) is 13.2. The first kappa shape index (κ1) is 17.8. The van der Waals surface area contributed by atoms with Crippen molar-refractivity contribution in [1.29, 1.82) is 0 Å². The summed E-state index contributed by atoms with van der Waals surface area (Å²) in [7, 11) is 0. The van der Waals surface area contributed by atoms with Crippen LogP contribution in [-0.4, -0.2) is 21.7 Å². The number of nitrogens with one attached hydrogen (secondary N) is 2. The van der Waals surface area contributed by atoms with Crippen molar-refractivity contribution < 1.29 is 10.0 Å². The number of thiocarbonyl (C=S) groups is 1. The van der Waals surface area contributed by atoms with E-state index >= 15 is 0 Å². The fourth-order valence-corrected chi connectivity index (χ4v) is 2.33. The summed E-state index contributed by atoms with van der Waals surface area (Å²) in [6.45, 7) is 2.30. The summed E-state index contributed by atoms with van der Waals surface area (Å²) in [4.78, 5) is 10.1. The molecule has 0 bridgehead atoms. The van der Waals surface area contributed by atoms with Gasteiger partial charge in [0.25, 0.3) is 5.69 Å². The molecule has 126 valence electrons. The van der Waals surface area contributed by atoms with Crippen molar-refractivity contribution in [3.63, 3.8) is 0 Å². The first-order valence-corrected chi connectivity index (χ1v) is 7.96. The number of hydrogen-bond donors (Lipinski definition) is 3. The summed E-state index contributed by atoms with van der Waals surface area (Å²) in [6.07, 6.45) is 0.165. The summed E-state index contributed by atoms with van der Waals surface area (Å²) in [5.41, 5.74) is 2.69. The Morgan fingerprint density at radius 2 is 1.83 bits per heavy atom. The maximum absolute atomic E-state index is 10.6. The minimum absolute atomic E-state index is 0.00776. The van der Waals surface area contributed by atoms with E-state index in [0.29, 0.717) is 10.7 Å². The largest absolute Gasteiger partial charge is 0.387 e. The second kappa shape index (κ2) is 8.37. The Bertz CT molecular complexity index is 702. The zero-order chi connectivity index (χ0) is 17.5. The van der Waals surface area contributed by atoms with Crippen LogP contribution in [0.4, 0.5) is 11.4 Å². The van der Waals surface area contributed by atoms with Crippen molar-refractivity contribution >= 4 is 28.7 Å². The molecule has 0 saturated carbocycles. The summed E-state index contributed by atoms with van der Waals surface area (Å²) < 4.78 is 0. The van der Waals surface area contributed by atoms with Crippen molar-refractivity contribution in [3.8, 4) is 0 Å². The van der Waals surface area contributed by atoms with E-state index in [1.54, 1.807) is 0 Å². The fourth-order valence-electron chi connectivity index (χ4n) is 2.12. The van der Waals surface area contributed by atoms with Gasteiger partial charge in [0.05, 0.1) is 11.0 Å². The van der Waals surface area contributed by atoms with E-state index in [2.05, 4.69) is 17.6 Å². The summed E-state index contributed by atoms with van der Waals surface area (Å²) >= 11 is 5.20. The lowest BCUT2D eigenvalue weighted by Crippen LogP contribution is -2.32. The molecule has 2 aromatic carbocycles. The molecule has 0 aliphatic carbocycles. The lowest BCUT2D eigenvalue weighted by Gasteiger charge is -2.15. The molecule has 0 aliphatic heterocycles. The van der Waals surface area contributed by atoms with E-state index in [9.17, 15) is 15.2 Å². The lowest BCUT2D eigenvalue weighted by molar-refractivity contribution is -0.384. The first-order valence-electron chi connectivity index (χ1n) is 7.55. The van der Waals surface area contributed by atoms with Crippen LogP contribution in [0.15, 0.2) is 48.5 Å². The third-order valence-electron chi connectivity index (χ3n) is 3.56. The molecular formula is C17H19N3O3S. The molecule has 2 rings (SSSR count). The number of nitro groups is 1. The van der Waals surface area contributed by atoms with Crippen LogP contribution in [0.3, 0.4) is 0 Å². The molecule has 7 heteroatoms. The Kier molecular flexibility index (Phi) is 6.22. The highest BCUT2D eigenvalue weighted by molar-refractivity contribution is 7.80. The maximum atomic E-state index is 10.6. The van der Waals surface area contributed by atoms with Gasteiger partial charge in [-0.2, -0.15) is 0 Å². The van der Waals surface area contributed by atoms with Crippen LogP contribution in [0.2, 0.25) is 0 Å². The van der Waals surface area contributed by atoms with Gasteiger partial charge in [0.1, 0.15) is 0 Å².